The van der Waals surface area contributed by atoms with Gasteiger partial charge in [-0.2, -0.15) is 0 Å². The van der Waals surface area contributed by atoms with Crippen molar-refractivity contribution in [1.82, 2.24) is 4.90 Å². The highest BCUT2D eigenvalue weighted by Gasteiger charge is 2.35. The molecule has 1 aromatic rings. The lowest BCUT2D eigenvalue weighted by Crippen LogP contribution is -2.38. The van der Waals surface area contributed by atoms with Crippen molar-refractivity contribution in [2.75, 3.05) is 31.6 Å². The summed E-state index contributed by atoms with van der Waals surface area (Å²) in [5, 5.41) is 0. The van der Waals surface area contributed by atoms with Crippen LogP contribution in [0.4, 0.5) is 5.69 Å². The summed E-state index contributed by atoms with van der Waals surface area (Å²) in [4.78, 5) is 28.1. The highest BCUT2D eigenvalue weighted by molar-refractivity contribution is 5.96. The van der Waals surface area contributed by atoms with Crippen LogP contribution in [0.2, 0.25) is 0 Å². The van der Waals surface area contributed by atoms with Crippen LogP contribution < -0.4 is 4.90 Å². The third-order valence-electron chi connectivity index (χ3n) is 5.10. The lowest BCUT2D eigenvalue weighted by atomic mass is 9.94. The molecule has 1 amide bonds. The molecule has 0 spiro atoms. The van der Waals surface area contributed by atoms with Gasteiger partial charge in [0.25, 0.3) is 0 Å². The molecule has 3 rings (SSSR count). The highest BCUT2D eigenvalue weighted by Crippen LogP contribution is 2.32. The Balaban J connectivity index is 1.59. The number of ether oxygens (including phenoxy) is 1. The second-order valence-electron chi connectivity index (χ2n) is 6.52. The zero-order valence-electron chi connectivity index (χ0n) is 14.1. The van der Waals surface area contributed by atoms with Crippen molar-refractivity contribution in [3.8, 4) is 0 Å². The minimum atomic E-state index is -0.119. The first-order chi connectivity index (χ1) is 11.6. The maximum Gasteiger partial charge on any atom is 0.308 e. The molecule has 0 aromatic heterocycles. The minimum Gasteiger partial charge on any atom is -0.469 e. The van der Waals surface area contributed by atoms with Crippen molar-refractivity contribution in [2.24, 2.45) is 11.8 Å². The molecular weight excluding hydrogens is 304 g/mol. The van der Waals surface area contributed by atoms with Crippen molar-refractivity contribution in [3.63, 3.8) is 0 Å². The largest absolute Gasteiger partial charge is 0.469 e. The number of amides is 1. The van der Waals surface area contributed by atoms with Crippen LogP contribution in [0, 0.1) is 11.8 Å². The molecule has 1 aromatic carbocycles. The summed E-state index contributed by atoms with van der Waals surface area (Å²) in [5.41, 5.74) is 1.97. The van der Waals surface area contributed by atoms with Crippen LogP contribution in [-0.2, 0) is 14.3 Å². The smallest absolute Gasteiger partial charge is 0.308 e. The average Bonchev–Trinajstić information content (AvgIpc) is 3.03. The van der Waals surface area contributed by atoms with Crippen molar-refractivity contribution >= 4 is 17.6 Å². The molecule has 2 aliphatic heterocycles. The SMILES string of the molecule is C=C([C@H]1CC(=O)N(c2ccccc2)C1)N1CCC(C(=O)OC)CC1. The Bertz CT molecular complexity index is 621. The minimum absolute atomic E-state index is 0.00919. The summed E-state index contributed by atoms with van der Waals surface area (Å²) in [7, 11) is 1.44. The number of likely N-dealkylation sites (tertiary alicyclic amines) is 1. The third kappa shape index (κ3) is 3.30. The molecule has 0 unspecified atom stereocenters. The number of rotatable bonds is 4. The normalized spacial score (nSPS) is 21.9. The fourth-order valence-electron chi connectivity index (χ4n) is 3.62. The first-order valence-electron chi connectivity index (χ1n) is 8.47. The monoisotopic (exact) mass is 328 g/mol. The molecule has 0 aliphatic carbocycles. The number of hydrogen-bond acceptors (Lipinski definition) is 4. The van der Waals surface area contributed by atoms with Crippen LogP contribution in [0.15, 0.2) is 42.6 Å². The van der Waals surface area contributed by atoms with E-state index in [1.807, 2.05) is 35.2 Å². The second-order valence-corrected chi connectivity index (χ2v) is 6.52. The van der Waals surface area contributed by atoms with Gasteiger partial charge in [-0.25, -0.2) is 0 Å². The highest BCUT2D eigenvalue weighted by atomic mass is 16.5. The van der Waals surface area contributed by atoms with Gasteiger partial charge in [-0.15, -0.1) is 0 Å². The summed E-state index contributed by atoms with van der Waals surface area (Å²) in [6, 6.07) is 9.77. The van der Waals surface area contributed by atoms with Crippen LogP contribution in [0.3, 0.4) is 0 Å². The van der Waals surface area contributed by atoms with Crippen LogP contribution in [-0.4, -0.2) is 43.5 Å². The zero-order valence-corrected chi connectivity index (χ0v) is 14.1. The number of para-hydroxylation sites is 1. The number of esters is 1. The number of carbonyl (C=O) groups excluding carboxylic acids is 2. The molecule has 5 nitrogen and oxygen atoms in total. The van der Waals surface area contributed by atoms with E-state index in [9.17, 15) is 9.59 Å². The Morgan fingerprint density at radius 1 is 1.17 bits per heavy atom. The first-order valence-corrected chi connectivity index (χ1v) is 8.47. The zero-order chi connectivity index (χ0) is 17.1. The Morgan fingerprint density at radius 2 is 1.83 bits per heavy atom. The van der Waals surface area contributed by atoms with Crippen LogP contribution in [0.25, 0.3) is 0 Å². The predicted molar refractivity (Wildman–Crippen MR) is 92.4 cm³/mol. The van der Waals surface area contributed by atoms with E-state index in [-0.39, 0.29) is 23.7 Å². The fraction of sp³-hybridized carbons (Fsp3) is 0.474. The van der Waals surface area contributed by atoms with Crippen molar-refractivity contribution in [2.45, 2.75) is 19.3 Å². The van der Waals surface area contributed by atoms with Crippen molar-refractivity contribution < 1.29 is 14.3 Å². The fourth-order valence-corrected chi connectivity index (χ4v) is 3.62. The van der Waals surface area contributed by atoms with Crippen molar-refractivity contribution in [3.05, 3.63) is 42.6 Å². The molecule has 0 saturated carbocycles. The van der Waals surface area contributed by atoms with Crippen LogP contribution in [0.1, 0.15) is 19.3 Å². The number of methoxy groups -OCH3 is 1. The van der Waals surface area contributed by atoms with Gasteiger partial charge < -0.3 is 14.5 Å². The Kier molecular flexibility index (Phi) is 4.88. The lowest BCUT2D eigenvalue weighted by Gasteiger charge is -2.35. The number of hydrogen-bond donors (Lipinski definition) is 0. The van der Waals surface area contributed by atoms with Gasteiger partial charge >= 0.3 is 5.97 Å². The standard InChI is InChI=1S/C19H24N2O3/c1-14(20-10-8-15(9-11-20)19(23)24-2)16-12-18(22)21(13-16)17-6-4-3-5-7-17/h3-7,15-16H,1,8-13H2,2H3/t16-/m0/s1. The molecule has 2 aliphatic rings. The molecule has 24 heavy (non-hydrogen) atoms. The van der Waals surface area contributed by atoms with Gasteiger partial charge in [0.15, 0.2) is 0 Å². The first kappa shape index (κ1) is 16.6. The van der Waals surface area contributed by atoms with Gasteiger partial charge in [0.05, 0.1) is 13.0 Å². The predicted octanol–water partition coefficient (Wildman–Crippen LogP) is 2.44. The third-order valence-corrected chi connectivity index (χ3v) is 5.10. The molecule has 128 valence electrons. The van der Waals surface area contributed by atoms with Gasteiger partial charge in [0, 0.05) is 43.4 Å². The molecule has 1 atom stereocenters. The molecule has 0 radical (unpaired) electrons. The number of piperidine rings is 1. The van der Waals surface area contributed by atoms with E-state index >= 15 is 0 Å². The molecular formula is C19H24N2O3. The maximum absolute atomic E-state index is 12.4. The molecule has 2 fully saturated rings. The van der Waals surface area contributed by atoms with Gasteiger partial charge in [0.2, 0.25) is 5.91 Å². The second kappa shape index (κ2) is 7.07. The summed E-state index contributed by atoms with van der Waals surface area (Å²) < 4.78 is 4.83. The van der Waals surface area contributed by atoms with E-state index in [1.54, 1.807) is 0 Å². The average molecular weight is 328 g/mol. The van der Waals surface area contributed by atoms with E-state index in [2.05, 4.69) is 11.5 Å². The Hall–Kier alpha value is -2.30. The van der Waals surface area contributed by atoms with Gasteiger partial charge in [-0.1, -0.05) is 24.8 Å². The van der Waals surface area contributed by atoms with E-state index < -0.39 is 0 Å². The van der Waals surface area contributed by atoms with Gasteiger partial charge in [-0.05, 0) is 25.0 Å². The molecule has 2 saturated heterocycles. The van der Waals surface area contributed by atoms with Gasteiger partial charge in [0.1, 0.15) is 0 Å². The van der Waals surface area contributed by atoms with Gasteiger partial charge in [-0.3, -0.25) is 9.59 Å². The summed E-state index contributed by atoms with van der Waals surface area (Å²) >= 11 is 0. The molecule has 0 N–H and O–H groups in total. The molecule has 2 heterocycles. The van der Waals surface area contributed by atoms with E-state index in [1.165, 1.54) is 7.11 Å². The Morgan fingerprint density at radius 3 is 2.46 bits per heavy atom. The molecule has 0 bridgehead atoms. The lowest BCUT2D eigenvalue weighted by molar-refractivity contribution is -0.146. The van der Waals surface area contributed by atoms with Crippen LogP contribution in [0.5, 0.6) is 0 Å². The quantitative estimate of drug-likeness (QED) is 0.797. The van der Waals surface area contributed by atoms with Crippen LogP contribution >= 0.6 is 0 Å². The number of nitrogens with zero attached hydrogens (tertiary/aromatic N) is 2. The summed E-state index contributed by atoms with van der Waals surface area (Å²) in [6.07, 6.45) is 2.08. The number of anilines is 1. The summed E-state index contributed by atoms with van der Waals surface area (Å²) in [6.45, 7) is 6.52. The summed E-state index contributed by atoms with van der Waals surface area (Å²) in [5.74, 6) is 0.167. The van der Waals surface area contributed by atoms with Crippen molar-refractivity contribution in [1.29, 1.82) is 0 Å². The van der Waals surface area contributed by atoms with E-state index in [4.69, 9.17) is 4.74 Å². The number of carbonyl (C=O) groups is 2. The van der Waals surface area contributed by atoms with E-state index in [0.29, 0.717) is 13.0 Å². The Labute approximate surface area is 142 Å². The van der Waals surface area contributed by atoms with E-state index in [0.717, 1.165) is 37.3 Å². The molecule has 5 heteroatoms. The number of benzene rings is 1. The topological polar surface area (TPSA) is 49.9 Å². The maximum atomic E-state index is 12.4.